The summed E-state index contributed by atoms with van der Waals surface area (Å²) < 4.78 is 0. The third-order valence-electron chi connectivity index (χ3n) is 4.58. The van der Waals surface area contributed by atoms with Crippen LogP contribution >= 0.6 is 0 Å². The van der Waals surface area contributed by atoms with Crippen LogP contribution in [0.1, 0.15) is 57.4 Å². The summed E-state index contributed by atoms with van der Waals surface area (Å²) in [5.74, 6) is -0.381. The smallest absolute Gasteiger partial charge is 0.274 e. The number of para-hydroxylation sites is 1. The van der Waals surface area contributed by atoms with E-state index in [1.807, 2.05) is 55.5 Å². The van der Waals surface area contributed by atoms with Gasteiger partial charge in [0.15, 0.2) is 0 Å². The van der Waals surface area contributed by atoms with Gasteiger partial charge in [0.2, 0.25) is 0 Å². The number of hydrogen-bond acceptors (Lipinski definition) is 3. The lowest BCUT2D eigenvalue weighted by Gasteiger charge is -2.13. The Hall–Kier alpha value is -3.47. The van der Waals surface area contributed by atoms with E-state index >= 15 is 0 Å². The number of anilines is 1. The number of benzene rings is 2. The van der Waals surface area contributed by atoms with Crippen LogP contribution in [-0.4, -0.2) is 16.8 Å². The normalized spacial score (nSPS) is 10.6. The molecule has 0 saturated heterocycles. The second-order valence-corrected chi connectivity index (χ2v) is 7.28. The Balaban J connectivity index is 1.70. The van der Waals surface area contributed by atoms with Crippen LogP contribution in [0.2, 0.25) is 0 Å². The van der Waals surface area contributed by atoms with Gasteiger partial charge in [-0.2, -0.15) is 0 Å². The van der Waals surface area contributed by atoms with E-state index in [0.29, 0.717) is 6.54 Å². The molecule has 5 heteroatoms. The first-order valence-electron chi connectivity index (χ1n) is 9.65. The summed E-state index contributed by atoms with van der Waals surface area (Å²) in [4.78, 5) is 29.4. The van der Waals surface area contributed by atoms with E-state index in [2.05, 4.69) is 29.5 Å². The molecule has 0 radical (unpaired) electrons. The zero-order chi connectivity index (χ0) is 20.8. The number of carbonyl (C=O) groups is 2. The van der Waals surface area contributed by atoms with Gasteiger partial charge in [0.05, 0.1) is 0 Å². The molecular formula is C24H25N3O2. The number of hydrogen-bond donors (Lipinski definition) is 2. The van der Waals surface area contributed by atoms with Gasteiger partial charge >= 0.3 is 0 Å². The lowest BCUT2D eigenvalue weighted by Crippen LogP contribution is -2.25. The van der Waals surface area contributed by atoms with Crippen molar-refractivity contribution in [2.75, 3.05) is 5.32 Å². The van der Waals surface area contributed by atoms with Gasteiger partial charge in [-0.25, -0.2) is 4.98 Å². The fourth-order valence-corrected chi connectivity index (χ4v) is 3.08. The largest absolute Gasteiger partial charge is 0.347 e. The van der Waals surface area contributed by atoms with Crippen LogP contribution in [0, 0.1) is 6.92 Å². The maximum Gasteiger partial charge on any atom is 0.274 e. The predicted octanol–water partition coefficient (Wildman–Crippen LogP) is 4.70. The molecule has 2 aromatic carbocycles. The van der Waals surface area contributed by atoms with Crippen molar-refractivity contribution in [3.05, 3.63) is 94.8 Å². The fourth-order valence-electron chi connectivity index (χ4n) is 3.08. The topological polar surface area (TPSA) is 71.1 Å². The monoisotopic (exact) mass is 387 g/mol. The Kier molecular flexibility index (Phi) is 6.39. The molecule has 0 bridgehead atoms. The highest BCUT2D eigenvalue weighted by Crippen LogP contribution is 2.24. The number of rotatable bonds is 6. The van der Waals surface area contributed by atoms with Gasteiger partial charge < -0.3 is 10.6 Å². The summed E-state index contributed by atoms with van der Waals surface area (Å²) in [6, 6.07) is 20.5. The number of amides is 2. The van der Waals surface area contributed by atoms with Crippen LogP contribution in [0.4, 0.5) is 5.69 Å². The molecule has 148 valence electrons. The zero-order valence-electron chi connectivity index (χ0n) is 16.9. The minimum Gasteiger partial charge on any atom is -0.347 e. The highest BCUT2D eigenvalue weighted by atomic mass is 16.2. The summed E-state index contributed by atoms with van der Waals surface area (Å²) in [5.41, 5.74) is 4.36. The molecule has 3 aromatic rings. The Morgan fingerprint density at radius 3 is 2.31 bits per heavy atom. The Morgan fingerprint density at radius 2 is 1.59 bits per heavy atom. The first kappa shape index (κ1) is 20.3. The number of aryl methyl sites for hydroxylation is 1. The number of nitrogens with zero attached hydrogens (tertiary/aromatic N) is 1. The van der Waals surface area contributed by atoms with Gasteiger partial charge in [-0.15, -0.1) is 0 Å². The van der Waals surface area contributed by atoms with Crippen LogP contribution < -0.4 is 10.6 Å². The zero-order valence-corrected chi connectivity index (χ0v) is 16.9. The first-order valence-corrected chi connectivity index (χ1v) is 9.65. The summed E-state index contributed by atoms with van der Waals surface area (Å²) >= 11 is 0. The third kappa shape index (κ3) is 5.29. The average Bonchev–Trinajstić information content (AvgIpc) is 2.72. The Bertz CT molecular complexity index is 1030. The molecule has 0 aliphatic rings. The van der Waals surface area contributed by atoms with Crippen molar-refractivity contribution in [2.45, 2.75) is 33.2 Å². The van der Waals surface area contributed by atoms with Gasteiger partial charge in [0.1, 0.15) is 11.4 Å². The van der Waals surface area contributed by atoms with Gasteiger partial charge in [-0.05, 0) is 42.2 Å². The minimum absolute atomic E-state index is 0.201. The highest BCUT2D eigenvalue weighted by molar-refractivity contribution is 6.04. The number of pyridine rings is 1. The van der Waals surface area contributed by atoms with E-state index in [4.69, 9.17) is 0 Å². The quantitative estimate of drug-likeness (QED) is 0.644. The summed E-state index contributed by atoms with van der Waals surface area (Å²) in [6.45, 7) is 6.55. The van der Waals surface area contributed by atoms with Crippen molar-refractivity contribution in [2.24, 2.45) is 0 Å². The SMILES string of the molecule is Cc1cccc(CNC(=O)c2cccc(C(=O)Nc3ccccc3C(C)C)n2)c1. The van der Waals surface area contributed by atoms with Crippen LogP contribution in [-0.2, 0) is 6.54 Å². The second-order valence-electron chi connectivity index (χ2n) is 7.28. The Labute approximate surface area is 171 Å². The van der Waals surface area contributed by atoms with Crippen LogP contribution in [0.15, 0.2) is 66.7 Å². The molecule has 0 spiro atoms. The molecule has 0 aliphatic carbocycles. The average molecular weight is 387 g/mol. The highest BCUT2D eigenvalue weighted by Gasteiger charge is 2.14. The molecule has 0 aliphatic heterocycles. The van der Waals surface area contributed by atoms with Crippen LogP contribution in [0.5, 0.6) is 0 Å². The van der Waals surface area contributed by atoms with E-state index in [1.54, 1.807) is 18.2 Å². The van der Waals surface area contributed by atoms with Crippen molar-refractivity contribution in [3.63, 3.8) is 0 Å². The molecule has 0 saturated carbocycles. The lowest BCUT2D eigenvalue weighted by molar-refractivity contribution is 0.0945. The van der Waals surface area contributed by atoms with E-state index in [1.165, 1.54) is 0 Å². The predicted molar refractivity (Wildman–Crippen MR) is 115 cm³/mol. The Morgan fingerprint density at radius 1 is 0.897 bits per heavy atom. The number of aromatic nitrogens is 1. The number of nitrogens with one attached hydrogen (secondary N) is 2. The molecule has 5 nitrogen and oxygen atoms in total. The van der Waals surface area contributed by atoms with Gasteiger partial charge in [-0.1, -0.05) is 67.9 Å². The van der Waals surface area contributed by atoms with E-state index < -0.39 is 0 Å². The van der Waals surface area contributed by atoms with Gasteiger partial charge in [0, 0.05) is 12.2 Å². The fraction of sp³-hybridized carbons (Fsp3) is 0.208. The number of carbonyl (C=O) groups excluding carboxylic acids is 2. The lowest BCUT2D eigenvalue weighted by atomic mass is 10.0. The summed E-state index contributed by atoms with van der Waals surface area (Å²) in [5, 5.41) is 5.75. The third-order valence-corrected chi connectivity index (χ3v) is 4.58. The van der Waals surface area contributed by atoms with E-state index in [9.17, 15) is 9.59 Å². The summed E-state index contributed by atoms with van der Waals surface area (Å²) in [6.07, 6.45) is 0. The van der Waals surface area contributed by atoms with Crippen molar-refractivity contribution in [3.8, 4) is 0 Å². The molecule has 1 heterocycles. The molecule has 0 unspecified atom stereocenters. The molecule has 3 rings (SSSR count). The molecule has 2 N–H and O–H groups in total. The van der Waals surface area contributed by atoms with Crippen LogP contribution in [0.3, 0.4) is 0 Å². The maximum atomic E-state index is 12.7. The van der Waals surface area contributed by atoms with E-state index in [-0.39, 0.29) is 29.1 Å². The van der Waals surface area contributed by atoms with Crippen molar-refractivity contribution in [1.82, 2.24) is 10.3 Å². The summed E-state index contributed by atoms with van der Waals surface area (Å²) in [7, 11) is 0. The molecule has 1 aromatic heterocycles. The van der Waals surface area contributed by atoms with Crippen molar-refractivity contribution >= 4 is 17.5 Å². The van der Waals surface area contributed by atoms with Crippen LogP contribution in [0.25, 0.3) is 0 Å². The molecule has 0 atom stereocenters. The van der Waals surface area contributed by atoms with Crippen molar-refractivity contribution < 1.29 is 9.59 Å². The molecule has 0 fully saturated rings. The standard InChI is InChI=1S/C24H25N3O2/c1-16(2)19-10-4-5-11-20(19)27-24(29)22-13-7-12-21(26-22)23(28)25-15-18-9-6-8-17(3)14-18/h4-14,16H,15H2,1-3H3,(H,25,28)(H,27,29). The molecule has 2 amide bonds. The molecule has 29 heavy (non-hydrogen) atoms. The maximum absolute atomic E-state index is 12.7. The molecular weight excluding hydrogens is 362 g/mol. The van der Waals surface area contributed by atoms with Crippen molar-refractivity contribution in [1.29, 1.82) is 0 Å². The van der Waals surface area contributed by atoms with Gasteiger partial charge in [0.25, 0.3) is 11.8 Å². The first-order chi connectivity index (χ1) is 13.9. The minimum atomic E-state index is -0.341. The van der Waals surface area contributed by atoms with E-state index in [0.717, 1.165) is 22.4 Å². The van der Waals surface area contributed by atoms with Gasteiger partial charge in [-0.3, -0.25) is 9.59 Å². The second kappa shape index (κ2) is 9.15.